The van der Waals surface area contributed by atoms with E-state index in [9.17, 15) is 10.1 Å². The van der Waals surface area contributed by atoms with Crippen molar-refractivity contribution in [1.29, 1.82) is 5.26 Å². The zero-order chi connectivity index (χ0) is 26.2. The molecule has 3 heterocycles. The number of nitrogens with one attached hydrogen (secondary N) is 2. The van der Waals surface area contributed by atoms with Gasteiger partial charge >= 0.3 is 0 Å². The minimum atomic E-state index is -0.546. The highest BCUT2D eigenvalue weighted by molar-refractivity contribution is 6.05. The van der Waals surface area contributed by atoms with Crippen LogP contribution in [-0.4, -0.2) is 25.7 Å². The van der Waals surface area contributed by atoms with Crippen LogP contribution in [0.2, 0.25) is 0 Å². The number of nitriles is 1. The Labute approximate surface area is 215 Å². The highest BCUT2D eigenvalue weighted by atomic mass is 16.1. The lowest BCUT2D eigenvalue weighted by molar-refractivity contribution is -0.113. The molecule has 0 aliphatic carbocycles. The van der Waals surface area contributed by atoms with Gasteiger partial charge in [0, 0.05) is 17.5 Å². The number of carbonyl (C=O) groups excluding carboxylic acids is 1. The van der Waals surface area contributed by atoms with Crippen molar-refractivity contribution in [2.45, 2.75) is 39.2 Å². The lowest BCUT2D eigenvalue weighted by atomic mass is 9.87. The second-order valence-electron chi connectivity index (χ2n) is 10.0. The van der Waals surface area contributed by atoms with Gasteiger partial charge in [0.1, 0.15) is 6.04 Å². The largest absolute Gasteiger partial charge is 0.328 e. The summed E-state index contributed by atoms with van der Waals surface area (Å²) in [6.07, 6.45) is 3.25. The zero-order valence-electron chi connectivity index (χ0n) is 21.1. The molecule has 37 heavy (non-hydrogen) atoms. The third-order valence-corrected chi connectivity index (χ3v) is 6.38. The van der Waals surface area contributed by atoms with E-state index < -0.39 is 6.04 Å². The fourth-order valence-electron chi connectivity index (χ4n) is 4.37. The average molecular weight is 490 g/mol. The minimum absolute atomic E-state index is 0.0409. The van der Waals surface area contributed by atoms with E-state index in [4.69, 9.17) is 10.1 Å². The molecule has 0 saturated heterocycles. The molecule has 0 bridgehead atoms. The van der Waals surface area contributed by atoms with E-state index in [-0.39, 0.29) is 11.3 Å². The van der Waals surface area contributed by atoms with Gasteiger partial charge in [0.15, 0.2) is 5.82 Å². The molecule has 1 unspecified atom stereocenters. The molecule has 8 heteroatoms. The van der Waals surface area contributed by atoms with Gasteiger partial charge in [0.25, 0.3) is 5.91 Å². The first-order valence-electron chi connectivity index (χ1n) is 12.0. The van der Waals surface area contributed by atoms with Gasteiger partial charge in [-0.05, 0) is 47.7 Å². The molecule has 0 radical (unpaired) electrons. The third kappa shape index (κ3) is 4.71. The number of pyridine rings is 1. The molecule has 2 aromatic carbocycles. The Morgan fingerprint density at radius 1 is 1.08 bits per heavy atom. The number of anilines is 2. The maximum Gasteiger partial charge on any atom is 0.255 e. The number of carbonyl (C=O) groups is 1. The standard InChI is InChI=1S/C29H27N7O/c1-18-24(27(37)33-23-6-5-15-31-17-23)25(20-9-7-19(16-30)8-10-20)36-28(32-18)34-26(35-36)21-11-13-22(14-12-21)29(2,3)4/h5-15,17,25H,1-4H3,(H,33,37)(H,32,34,35). The molecule has 2 N–H and O–H groups in total. The Morgan fingerprint density at radius 3 is 2.43 bits per heavy atom. The van der Waals surface area contributed by atoms with Crippen LogP contribution >= 0.6 is 0 Å². The molecular weight excluding hydrogens is 462 g/mol. The summed E-state index contributed by atoms with van der Waals surface area (Å²) >= 11 is 0. The van der Waals surface area contributed by atoms with Gasteiger partial charge in [-0.1, -0.05) is 57.2 Å². The molecule has 1 atom stereocenters. The SMILES string of the molecule is CC1=C(C(=O)Nc2cccnc2)C(c2ccc(C#N)cc2)n2nc(-c3ccc(C(C)(C)C)cc3)nc2N1. The van der Waals surface area contributed by atoms with Crippen molar-refractivity contribution in [2.24, 2.45) is 0 Å². The normalized spacial score (nSPS) is 14.9. The summed E-state index contributed by atoms with van der Waals surface area (Å²) in [4.78, 5) is 22.4. The second-order valence-corrected chi connectivity index (χ2v) is 10.0. The molecule has 1 aliphatic rings. The van der Waals surface area contributed by atoms with Crippen molar-refractivity contribution in [2.75, 3.05) is 10.6 Å². The molecule has 5 rings (SSSR count). The predicted molar refractivity (Wildman–Crippen MR) is 143 cm³/mol. The van der Waals surface area contributed by atoms with Crippen molar-refractivity contribution < 1.29 is 4.79 Å². The Morgan fingerprint density at radius 2 is 1.81 bits per heavy atom. The van der Waals surface area contributed by atoms with Gasteiger partial charge in [-0.25, -0.2) is 4.68 Å². The fraction of sp³-hybridized carbons (Fsp3) is 0.207. The van der Waals surface area contributed by atoms with Crippen molar-refractivity contribution in [1.82, 2.24) is 19.7 Å². The van der Waals surface area contributed by atoms with Crippen LogP contribution in [0.15, 0.2) is 84.3 Å². The van der Waals surface area contributed by atoms with E-state index in [1.807, 2.05) is 31.2 Å². The molecule has 0 fully saturated rings. The third-order valence-electron chi connectivity index (χ3n) is 6.38. The Kier molecular flexibility index (Phi) is 6.06. The van der Waals surface area contributed by atoms with E-state index in [0.717, 1.165) is 11.1 Å². The number of rotatable bonds is 4. The van der Waals surface area contributed by atoms with Crippen LogP contribution in [0.3, 0.4) is 0 Å². The van der Waals surface area contributed by atoms with Gasteiger partial charge in [-0.15, -0.1) is 5.10 Å². The molecule has 4 aromatic rings. The molecule has 1 amide bonds. The van der Waals surface area contributed by atoms with Crippen LogP contribution in [-0.2, 0) is 10.2 Å². The van der Waals surface area contributed by atoms with Crippen LogP contribution in [0.5, 0.6) is 0 Å². The number of hydrogen-bond acceptors (Lipinski definition) is 6. The number of aromatic nitrogens is 4. The monoisotopic (exact) mass is 489 g/mol. The van der Waals surface area contributed by atoms with E-state index in [0.29, 0.717) is 34.3 Å². The van der Waals surface area contributed by atoms with Crippen molar-refractivity contribution in [3.8, 4) is 17.5 Å². The summed E-state index contributed by atoms with van der Waals surface area (Å²) in [5, 5.41) is 20.3. The number of benzene rings is 2. The molecular formula is C29H27N7O. The topological polar surface area (TPSA) is 109 Å². The summed E-state index contributed by atoms with van der Waals surface area (Å²) in [5.74, 6) is 0.826. The molecule has 8 nitrogen and oxygen atoms in total. The number of allylic oxidation sites excluding steroid dienone is 1. The van der Waals surface area contributed by atoms with Crippen LogP contribution in [0, 0.1) is 11.3 Å². The first-order valence-corrected chi connectivity index (χ1v) is 12.0. The number of fused-ring (bicyclic) bond motifs is 1. The Bertz CT molecular complexity index is 1520. The van der Waals surface area contributed by atoms with Gasteiger partial charge < -0.3 is 10.6 Å². The lowest BCUT2D eigenvalue weighted by Gasteiger charge is -2.28. The van der Waals surface area contributed by atoms with E-state index in [1.165, 1.54) is 5.56 Å². The smallest absolute Gasteiger partial charge is 0.255 e. The Hall–Kier alpha value is -4.77. The minimum Gasteiger partial charge on any atom is -0.328 e. The number of hydrogen-bond donors (Lipinski definition) is 2. The second kappa shape index (κ2) is 9.36. The highest BCUT2D eigenvalue weighted by Gasteiger charge is 2.34. The molecule has 1 aliphatic heterocycles. The van der Waals surface area contributed by atoms with Gasteiger partial charge in [-0.2, -0.15) is 10.2 Å². The summed E-state index contributed by atoms with van der Waals surface area (Å²) in [7, 11) is 0. The first kappa shape index (κ1) is 23.9. The van der Waals surface area contributed by atoms with Crippen molar-refractivity contribution >= 4 is 17.5 Å². The molecule has 0 saturated carbocycles. The van der Waals surface area contributed by atoms with Crippen molar-refractivity contribution in [3.05, 3.63) is 101 Å². The van der Waals surface area contributed by atoms with E-state index in [2.05, 4.69) is 54.6 Å². The number of amides is 1. The quantitative estimate of drug-likeness (QED) is 0.395. The van der Waals surface area contributed by atoms with Gasteiger partial charge in [0.05, 0.1) is 29.1 Å². The maximum absolute atomic E-state index is 13.6. The molecule has 0 spiro atoms. The average Bonchev–Trinajstić information content (AvgIpc) is 3.31. The van der Waals surface area contributed by atoms with Crippen molar-refractivity contribution in [3.63, 3.8) is 0 Å². The van der Waals surface area contributed by atoms with Crippen LogP contribution in [0.25, 0.3) is 11.4 Å². The van der Waals surface area contributed by atoms with Crippen LogP contribution in [0.4, 0.5) is 11.6 Å². The number of nitrogens with zero attached hydrogens (tertiary/aromatic N) is 5. The summed E-state index contributed by atoms with van der Waals surface area (Å²) < 4.78 is 1.74. The highest BCUT2D eigenvalue weighted by Crippen LogP contribution is 2.37. The summed E-state index contributed by atoms with van der Waals surface area (Å²) in [6.45, 7) is 8.38. The van der Waals surface area contributed by atoms with Crippen LogP contribution < -0.4 is 10.6 Å². The summed E-state index contributed by atoms with van der Waals surface area (Å²) in [6, 6.07) is 20.6. The zero-order valence-corrected chi connectivity index (χ0v) is 21.1. The van der Waals surface area contributed by atoms with E-state index >= 15 is 0 Å². The van der Waals surface area contributed by atoms with Gasteiger partial charge in [0.2, 0.25) is 5.95 Å². The Balaban J connectivity index is 1.57. The maximum atomic E-state index is 13.6. The van der Waals surface area contributed by atoms with E-state index in [1.54, 1.807) is 41.3 Å². The van der Waals surface area contributed by atoms with Crippen LogP contribution in [0.1, 0.15) is 50.4 Å². The predicted octanol–water partition coefficient (Wildman–Crippen LogP) is 5.44. The molecule has 2 aromatic heterocycles. The summed E-state index contributed by atoms with van der Waals surface area (Å²) in [5.41, 5.74) is 5.27. The molecule has 184 valence electrons. The van der Waals surface area contributed by atoms with Gasteiger partial charge in [-0.3, -0.25) is 9.78 Å². The fourth-order valence-corrected chi connectivity index (χ4v) is 4.37. The lowest BCUT2D eigenvalue weighted by Crippen LogP contribution is -2.31. The first-order chi connectivity index (χ1) is 17.7.